The lowest BCUT2D eigenvalue weighted by molar-refractivity contribution is -0.438. The van der Waals surface area contributed by atoms with Crippen molar-refractivity contribution in [3.63, 3.8) is 0 Å². The van der Waals surface area contributed by atoms with Gasteiger partial charge in [-0.3, -0.25) is 14.1 Å². The van der Waals surface area contributed by atoms with Gasteiger partial charge in [-0.25, -0.2) is 0 Å². The summed E-state index contributed by atoms with van der Waals surface area (Å²) >= 11 is 0. The van der Waals surface area contributed by atoms with Crippen molar-refractivity contribution >= 4 is 61.8 Å². The van der Waals surface area contributed by atoms with Crippen LogP contribution in [0, 0.1) is 0 Å². The molecule has 0 saturated carbocycles. The van der Waals surface area contributed by atoms with Gasteiger partial charge >= 0.3 is 10.6 Å². The van der Waals surface area contributed by atoms with Crippen molar-refractivity contribution in [2.45, 2.75) is 82.4 Å². The molecular formula is C49H57N4O9S2+. The van der Waals surface area contributed by atoms with Crippen molar-refractivity contribution in [2.24, 2.45) is 0 Å². The molecule has 15 heteroatoms. The Morgan fingerprint density at radius 2 is 1.38 bits per heavy atom. The molecule has 0 saturated heterocycles. The SMILES string of the molecule is CCN1C(=CC=CC2=[N+](CCCCCC(=O)NCCNC(=O)Cc3ccc(/C=C/c4ccc(O)cc4)cc3)c3ccc(S(=O)(=O)O)cc3C2(C)C)C(C)(C)c2ccccc21.O=S(=O)=O. The van der Waals surface area contributed by atoms with Gasteiger partial charge in [-0.1, -0.05) is 86.7 Å². The monoisotopic (exact) mass is 909 g/mol. The summed E-state index contributed by atoms with van der Waals surface area (Å²) in [7, 11) is -7.49. The first-order valence-electron chi connectivity index (χ1n) is 21.2. The molecule has 2 aliphatic heterocycles. The third-order valence-corrected chi connectivity index (χ3v) is 12.4. The normalized spacial score (nSPS) is 15.5. The molecule has 0 aliphatic carbocycles. The predicted molar refractivity (Wildman–Crippen MR) is 250 cm³/mol. The molecular weight excluding hydrogens is 853 g/mol. The second-order valence-corrected chi connectivity index (χ2v) is 18.5. The molecule has 2 amide bonds. The number of carbonyl (C=O) groups is 2. The minimum Gasteiger partial charge on any atom is -0.508 e. The minimum atomic E-state index is -4.38. The molecule has 13 nitrogen and oxygen atoms in total. The molecule has 4 aromatic carbocycles. The number of phenolic OH excluding ortho intramolecular Hbond substituents is 1. The van der Waals surface area contributed by atoms with Crippen LogP contribution in [0.2, 0.25) is 0 Å². The van der Waals surface area contributed by atoms with E-state index in [1.165, 1.54) is 23.0 Å². The molecule has 6 rings (SSSR count). The molecule has 64 heavy (non-hydrogen) atoms. The van der Waals surface area contributed by atoms with Crippen molar-refractivity contribution < 1.29 is 44.9 Å². The second-order valence-electron chi connectivity index (χ2n) is 16.7. The highest BCUT2D eigenvalue weighted by atomic mass is 32.2. The van der Waals surface area contributed by atoms with Crippen molar-refractivity contribution in [3.05, 3.63) is 143 Å². The van der Waals surface area contributed by atoms with Gasteiger partial charge in [0.15, 0.2) is 5.71 Å². The number of carbonyl (C=O) groups excluding carboxylic acids is 2. The van der Waals surface area contributed by atoms with E-state index in [1.54, 1.807) is 24.3 Å². The first kappa shape index (κ1) is 48.9. The number of nitrogens with one attached hydrogen (secondary N) is 2. The Kier molecular flexibility index (Phi) is 16.4. The molecule has 0 spiro atoms. The van der Waals surface area contributed by atoms with Crippen molar-refractivity contribution in [1.29, 1.82) is 0 Å². The maximum atomic E-state index is 12.6. The molecule has 4 N–H and O–H groups in total. The lowest BCUT2D eigenvalue weighted by Gasteiger charge is -2.25. The topological polar surface area (TPSA) is 190 Å². The number of likely N-dealkylation sites (N-methyl/N-ethyl adjacent to an activating group) is 1. The molecule has 0 bridgehead atoms. The zero-order valence-electron chi connectivity index (χ0n) is 36.9. The third kappa shape index (κ3) is 12.5. The molecule has 0 radical (unpaired) electrons. The molecule has 0 aromatic heterocycles. The number of rotatable bonds is 17. The van der Waals surface area contributed by atoms with E-state index in [9.17, 15) is 27.7 Å². The fourth-order valence-electron chi connectivity index (χ4n) is 8.26. The van der Waals surface area contributed by atoms with Crippen molar-refractivity contribution in [2.75, 3.05) is 31.1 Å². The Hall–Kier alpha value is -6.16. The number of amides is 2. The van der Waals surface area contributed by atoms with Crippen LogP contribution in [0.3, 0.4) is 0 Å². The number of phenols is 1. The number of fused-ring (bicyclic) bond motifs is 2. The quantitative estimate of drug-likeness (QED) is 0.0358. The Morgan fingerprint density at radius 1 is 0.766 bits per heavy atom. The summed E-state index contributed by atoms with van der Waals surface area (Å²) in [6.07, 6.45) is 13.3. The number of allylic oxidation sites excluding steroid dienone is 4. The maximum absolute atomic E-state index is 12.6. The van der Waals surface area contributed by atoms with Crippen LogP contribution in [0.5, 0.6) is 5.75 Å². The van der Waals surface area contributed by atoms with E-state index in [2.05, 4.69) is 97.2 Å². The van der Waals surface area contributed by atoms with Gasteiger partial charge in [0.05, 0.1) is 16.7 Å². The number of unbranched alkanes of at least 4 members (excludes halogenated alkanes) is 2. The van der Waals surface area contributed by atoms with Crippen molar-refractivity contribution in [3.8, 4) is 5.75 Å². The smallest absolute Gasteiger partial charge is 0.425 e. The number of hydrogen-bond acceptors (Lipinski definition) is 9. The molecule has 0 fully saturated rings. The van der Waals surface area contributed by atoms with Crippen LogP contribution in [0.25, 0.3) is 12.2 Å². The molecule has 2 heterocycles. The zero-order chi connectivity index (χ0) is 46.7. The van der Waals surface area contributed by atoms with Gasteiger partial charge in [0.1, 0.15) is 12.3 Å². The second kappa shape index (κ2) is 21.5. The first-order chi connectivity index (χ1) is 30.3. The average molecular weight is 910 g/mol. The van der Waals surface area contributed by atoms with E-state index >= 15 is 0 Å². The number of nitrogens with zero attached hydrogens (tertiary/aromatic N) is 2. The summed E-state index contributed by atoms with van der Waals surface area (Å²) in [5.74, 6) is 0.0494. The van der Waals surface area contributed by atoms with Gasteiger partial charge in [-0.2, -0.15) is 13.0 Å². The van der Waals surface area contributed by atoms with Crippen LogP contribution < -0.4 is 15.5 Å². The Bertz CT molecular complexity index is 2680. The van der Waals surface area contributed by atoms with E-state index in [0.717, 1.165) is 53.0 Å². The minimum absolute atomic E-state index is 0.0630. The summed E-state index contributed by atoms with van der Waals surface area (Å²) in [6.45, 7) is 13.0. The highest BCUT2D eigenvalue weighted by molar-refractivity contribution is 7.85. The average Bonchev–Trinajstić information content (AvgIpc) is 3.59. The van der Waals surface area contributed by atoms with E-state index in [4.69, 9.17) is 12.6 Å². The fourth-order valence-corrected chi connectivity index (χ4v) is 8.77. The zero-order valence-corrected chi connectivity index (χ0v) is 38.5. The van der Waals surface area contributed by atoms with Crippen molar-refractivity contribution in [1.82, 2.24) is 10.6 Å². The summed E-state index contributed by atoms with van der Waals surface area (Å²) in [6, 6.07) is 28.0. The third-order valence-electron chi connectivity index (χ3n) is 11.5. The summed E-state index contributed by atoms with van der Waals surface area (Å²) < 4.78 is 61.7. The Labute approximate surface area is 377 Å². The van der Waals surface area contributed by atoms with Gasteiger partial charge < -0.3 is 20.6 Å². The van der Waals surface area contributed by atoms with E-state index in [-0.39, 0.29) is 34.3 Å². The first-order valence-corrected chi connectivity index (χ1v) is 23.7. The highest BCUT2D eigenvalue weighted by Gasteiger charge is 2.45. The highest BCUT2D eigenvalue weighted by Crippen LogP contribution is 2.47. The van der Waals surface area contributed by atoms with E-state index in [0.29, 0.717) is 32.5 Å². The van der Waals surface area contributed by atoms with Crippen LogP contribution in [0.15, 0.2) is 120 Å². The summed E-state index contributed by atoms with van der Waals surface area (Å²) in [5, 5.41) is 15.2. The van der Waals surface area contributed by atoms with Crippen LogP contribution in [0.1, 0.15) is 88.1 Å². The van der Waals surface area contributed by atoms with Gasteiger partial charge in [-0.15, -0.1) is 12.6 Å². The van der Waals surface area contributed by atoms with Gasteiger partial charge in [0, 0.05) is 67.0 Å². The molecule has 4 aromatic rings. The fraction of sp³-hybridized carbons (Fsp3) is 0.327. The number of anilines is 1. The standard InChI is InChI=1S/C49H56N4O6S.O3S/c1-6-52-42-14-10-9-13-40(42)48(2,3)44(52)15-12-16-45-49(4,5)41-34-39(60(57,58)59)28-29-43(41)53(45)32-11-7-8-17-46(55)50-30-31-51-47(56)33-37-22-20-35(21-23-37)18-19-36-24-26-38(54)27-25-36;1-4(2)3/h9-10,12-16,18-29,34H,6-8,11,17,30-33H2,1-5H3,(H3-,50,51,54,55,56,57,58,59);/p+1/b19-18+;. The lowest BCUT2D eigenvalue weighted by Crippen LogP contribution is -2.35. The molecule has 338 valence electrons. The van der Waals surface area contributed by atoms with E-state index in [1.807, 2.05) is 48.6 Å². The van der Waals surface area contributed by atoms with Gasteiger partial charge in [-0.05, 0) is 92.3 Å². The molecule has 2 aliphatic rings. The van der Waals surface area contributed by atoms with Gasteiger partial charge in [0.2, 0.25) is 17.5 Å². The van der Waals surface area contributed by atoms with Crippen LogP contribution in [-0.4, -0.2) is 79.0 Å². The number of benzene rings is 4. The number of aromatic hydroxyl groups is 1. The van der Waals surface area contributed by atoms with Crippen LogP contribution in [-0.2, 0) is 47.6 Å². The lowest BCUT2D eigenvalue weighted by atomic mass is 9.81. The summed E-state index contributed by atoms with van der Waals surface area (Å²) in [4.78, 5) is 27.4. The van der Waals surface area contributed by atoms with Crippen LogP contribution >= 0.6 is 0 Å². The number of hydrogen-bond donors (Lipinski definition) is 4. The number of para-hydroxylation sites is 1. The summed E-state index contributed by atoms with van der Waals surface area (Å²) in [5.41, 5.74) is 8.61. The largest absolute Gasteiger partial charge is 0.508 e. The molecule has 0 unspecified atom stereocenters. The van der Waals surface area contributed by atoms with Gasteiger partial charge in [0.25, 0.3) is 10.1 Å². The van der Waals surface area contributed by atoms with E-state index < -0.39 is 26.1 Å². The molecule has 0 atom stereocenters. The Morgan fingerprint density at radius 3 is 2.00 bits per heavy atom. The maximum Gasteiger partial charge on any atom is 0.425 e. The van der Waals surface area contributed by atoms with Crippen LogP contribution in [0.4, 0.5) is 11.4 Å². The predicted octanol–water partition coefficient (Wildman–Crippen LogP) is 7.47. The Balaban J connectivity index is 0.00000185.